The van der Waals surface area contributed by atoms with Crippen LogP contribution in [0.1, 0.15) is 18.1 Å². The Labute approximate surface area is 108 Å². The Morgan fingerprint density at radius 2 is 1.71 bits per heavy atom. The van der Waals surface area contributed by atoms with Crippen molar-refractivity contribution in [2.24, 2.45) is 5.73 Å². The lowest BCUT2D eigenvalue weighted by atomic mass is 10.0. The molecule has 0 saturated heterocycles. The van der Waals surface area contributed by atoms with E-state index in [1.807, 2.05) is 0 Å². The van der Waals surface area contributed by atoms with Crippen molar-refractivity contribution < 1.29 is 18.3 Å². The van der Waals surface area contributed by atoms with Crippen LogP contribution < -0.4 is 5.73 Å². The van der Waals surface area contributed by atoms with Gasteiger partial charge in [0.15, 0.2) is 0 Å². The molecule has 2 atom stereocenters. The number of hydrogen-bond acceptors (Lipinski definition) is 2. The zero-order valence-electron chi connectivity index (χ0n) is 8.62. The van der Waals surface area contributed by atoms with Crippen LogP contribution in [-0.4, -0.2) is 17.3 Å². The van der Waals surface area contributed by atoms with Crippen molar-refractivity contribution >= 4 is 24.0 Å². The quantitative estimate of drug-likeness (QED) is 0.898. The highest BCUT2D eigenvalue weighted by Crippen LogP contribution is 2.27. The molecule has 0 saturated carbocycles. The number of aliphatic hydroxyl groups excluding tert-OH is 1. The molecule has 0 aliphatic rings. The van der Waals surface area contributed by atoms with Gasteiger partial charge in [0.25, 0.3) is 0 Å². The predicted octanol–water partition coefficient (Wildman–Crippen LogP) is 3.07. The maximum Gasteiger partial charge on any atom is 0.403 e. The number of rotatable bonds is 3. The van der Waals surface area contributed by atoms with Crippen LogP contribution in [0.25, 0.3) is 0 Å². The highest BCUT2D eigenvalue weighted by Gasteiger charge is 2.37. The van der Waals surface area contributed by atoms with Gasteiger partial charge in [0.05, 0.1) is 6.10 Å². The summed E-state index contributed by atoms with van der Waals surface area (Å²) in [4.78, 5) is 0. The SMILES string of the molecule is Cl.N[C@H](C[C@@H](O)c1ccc(Cl)cc1)C(F)(F)F. The number of aliphatic hydroxyl groups is 1. The molecule has 0 unspecified atom stereocenters. The first-order valence-corrected chi connectivity index (χ1v) is 4.94. The van der Waals surface area contributed by atoms with Gasteiger partial charge in [0.1, 0.15) is 6.04 Å². The van der Waals surface area contributed by atoms with Crippen molar-refractivity contribution in [3.8, 4) is 0 Å². The van der Waals surface area contributed by atoms with E-state index in [0.717, 1.165) is 0 Å². The zero-order valence-corrected chi connectivity index (χ0v) is 10.2. The summed E-state index contributed by atoms with van der Waals surface area (Å²) in [5.74, 6) is 0. The Morgan fingerprint density at radius 3 is 2.12 bits per heavy atom. The second-order valence-electron chi connectivity index (χ2n) is 3.45. The molecule has 0 amide bonds. The Morgan fingerprint density at radius 1 is 1.24 bits per heavy atom. The van der Waals surface area contributed by atoms with E-state index < -0.39 is 24.7 Å². The molecule has 1 aromatic carbocycles. The van der Waals surface area contributed by atoms with E-state index in [4.69, 9.17) is 17.3 Å². The Kier molecular flexibility index (Phi) is 6.26. The van der Waals surface area contributed by atoms with E-state index in [1.165, 1.54) is 24.3 Å². The largest absolute Gasteiger partial charge is 0.403 e. The van der Waals surface area contributed by atoms with Gasteiger partial charge < -0.3 is 10.8 Å². The van der Waals surface area contributed by atoms with Gasteiger partial charge in [0.2, 0.25) is 0 Å². The fourth-order valence-corrected chi connectivity index (χ4v) is 1.32. The molecule has 7 heteroatoms. The fraction of sp³-hybridized carbons (Fsp3) is 0.400. The molecular formula is C10H12Cl2F3NO. The third-order valence-corrected chi connectivity index (χ3v) is 2.40. The van der Waals surface area contributed by atoms with Crippen LogP contribution in [0, 0.1) is 0 Å². The smallest absolute Gasteiger partial charge is 0.388 e. The average molecular weight is 290 g/mol. The number of halogens is 5. The van der Waals surface area contributed by atoms with Crippen molar-refractivity contribution in [3.63, 3.8) is 0 Å². The summed E-state index contributed by atoms with van der Waals surface area (Å²) < 4.78 is 36.4. The maximum absolute atomic E-state index is 12.1. The van der Waals surface area contributed by atoms with E-state index in [2.05, 4.69) is 0 Å². The summed E-state index contributed by atoms with van der Waals surface area (Å²) >= 11 is 5.61. The van der Waals surface area contributed by atoms with Gasteiger partial charge >= 0.3 is 6.18 Å². The van der Waals surface area contributed by atoms with Crippen LogP contribution in [-0.2, 0) is 0 Å². The second kappa shape index (κ2) is 6.44. The molecule has 0 bridgehead atoms. The van der Waals surface area contributed by atoms with Crippen LogP contribution in [0.4, 0.5) is 13.2 Å². The Balaban J connectivity index is 0.00000256. The summed E-state index contributed by atoms with van der Waals surface area (Å²) in [5, 5.41) is 9.98. The summed E-state index contributed by atoms with van der Waals surface area (Å²) in [6, 6.07) is 3.91. The zero-order chi connectivity index (χ0) is 12.3. The van der Waals surface area contributed by atoms with Crippen molar-refractivity contribution in [2.45, 2.75) is 24.7 Å². The molecule has 1 aromatic rings. The minimum absolute atomic E-state index is 0. The van der Waals surface area contributed by atoms with Gasteiger partial charge in [-0.2, -0.15) is 13.2 Å². The van der Waals surface area contributed by atoms with Crippen LogP contribution in [0.3, 0.4) is 0 Å². The Hall–Kier alpha value is -0.490. The number of alkyl halides is 3. The van der Waals surface area contributed by atoms with E-state index in [0.29, 0.717) is 10.6 Å². The first-order chi connectivity index (χ1) is 7.30. The average Bonchev–Trinajstić information content (AvgIpc) is 2.17. The summed E-state index contributed by atoms with van der Waals surface area (Å²) in [7, 11) is 0. The van der Waals surface area contributed by atoms with E-state index in [1.54, 1.807) is 0 Å². The van der Waals surface area contributed by atoms with Crippen molar-refractivity contribution in [3.05, 3.63) is 34.9 Å². The molecule has 0 heterocycles. The molecule has 0 radical (unpaired) electrons. The molecule has 0 aliphatic heterocycles. The van der Waals surface area contributed by atoms with Gasteiger partial charge in [0, 0.05) is 11.4 Å². The van der Waals surface area contributed by atoms with Crippen molar-refractivity contribution in [2.75, 3.05) is 0 Å². The van der Waals surface area contributed by atoms with Crippen molar-refractivity contribution in [1.82, 2.24) is 0 Å². The minimum Gasteiger partial charge on any atom is -0.388 e. The highest BCUT2D eigenvalue weighted by atomic mass is 35.5. The number of hydrogen-bond donors (Lipinski definition) is 2. The van der Waals surface area contributed by atoms with Crippen LogP contribution in [0.15, 0.2) is 24.3 Å². The monoisotopic (exact) mass is 289 g/mol. The maximum atomic E-state index is 12.1. The molecule has 98 valence electrons. The lowest BCUT2D eigenvalue weighted by molar-refractivity contribution is -0.153. The minimum atomic E-state index is -4.49. The molecule has 3 N–H and O–H groups in total. The summed E-state index contributed by atoms with van der Waals surface area (Å²) in [6.07, 6.45) is -6.30. The Bertz CT molecular complexity index is 342. The van der Waals surface area contributed by atoms with Gasteiger partial charge in [-0.05, 0) is 17.7 Å². The normalized spacial score (nSPS) is 14.9. The molecule has 1 rings (SSSR count). The topological polar surface area (TPSA) is 46.2 Å². The highest BCUT2D eigenvalue weighted by molar-refractivity contribution is 6.30. The van der Waals surface area contributed by atoms with Crippen LogP contribution >= 0.6 is 24.0 Å². The fourth-order valence-electron chi connectivity index (χ4n) is 1.20. The molecular weight excluding hydrogens is 278 g/mol. The van der Waals surface area contributed by atoms with Gasteiger partial charge in [-0.15, -0.1) is 12.4 Å². The van der Waals surface area contributed by atoms with Gasteiger partial charge in [-0.3, -0.25) is 0 Å². The molecule has 0 aromatic heterocycles. The summed E-state index contributed by atoms with van der Waals surface area (Å²) in [6.45, 7) is 0. The first kappa shape index (κ1) is 16.5. The molecule has 0 spiro atoms. The van der Waals surface area contributed by atoms with Crippen LogP contribution in [0.2, 0.25) is 5.02 Å². The second-order valence-corrected chi connectivity index (χ2v) is 3.89. The molecule has 2 nitrogen and oxygen atoms in total. The van der Waals surface area contributed by atoms with Gasteiger partial charge in [-0.1, -0.05) is 23.7 Å². The van der Waals surface area contributed by atoms with E-state index in [9.17, 15) is 18.3 Å². The first-order valence-electron chi connectivity index (χ1n) is 4.56. The standard InChI is InChI=1S/C10H11ClF3NO.ClH/c11-7-3-1-6(2-4-7)8(16)5-9(15)10(12,13)14;/h1-4,8-9,16H,5,15H2;1H/t8-,9-;/m1./s1. The lowest BCUT2D eigenvalue weighted by Crippen LogP contribution is -2.38. The third kappa shape index (κ3) is 5.12. The van der Waals surface area contributed by atoms with Crippen LogP contribution in [0.5, 0.6) is 0 Å². The summed E-state index contributed by atoms with van der Waals surface area (Å²) in [5.41, 5.74) is 5.27. The molecule has 0 fully saturated rings. The molecule has 17 heavy (non-hydrogen) atoms. The predicted molar refractivity (Wildman–Crippen MR) is 62.3 cm³/mol. The number of benzene rings is 1. The van der Waals surface area contributed by atoms with E-state index in [-0.39, 0.29) is 12.4 Å². The van der Waals surface area contributed by atoms with E-state index >= 15 is 0 Å². The third-order valence-electron chi connectivity index (χ3n) is 2.15. The number of nitrogens with two attached hydrogens (primary N) is 1. The van der Waals surface area contributed by atoms with Gasteiger partial charge in [-0.25, -0.2) is 0 Å². The molecule has 0 aliphatic carbocycles. The lowest BCUT2D eigenvalue weighted by Gasteiger charge is -2.19. The van der Waals surface area contributed by atoms with Crippen molar-refractivity contribution in [1.29, 1.82) is 0 Å².